The Kier molecular flexibility index (Phi) is 4.84. The predicted molar refractivity (Wildman–Crippen MR) is 103 cm³/mol. The lowest BCUT2D eigenvalue weighted by molar-refractivity contribution is 0.0756. The summed E-state index contributed by atoms with van der Waals surface area (Å²) in [5, 5.41) is 5.21. The number of sulfone groups is 1. The van der Waals surface area contributed by atoms with Crippen LogP contribution < -0.4 is 0 Å². The largest absolute Gasteiger partial charge is 0.355 e. The summed E-state index contributed by atoms with van der Waals surface area (Å²) in [4.78, 5) is 15.2. The molecule has 4 rings (SSSR count). The summed E-state index contributed by atoms with van der Waals surface area (Å²) >= 11 is 1.50. The van der Waals surface area contributed by atoms with Crippen molar-refractivity contribution in [3.05, 3.63) is 65.2 Å². The van der Waals surface area contributed by atoms with Crippen molar-refractivity contribution in [1.29, 1.82) is 0 Å². The average Bonchev–Trinajstić information content (AvgIpc) is 3.33. The second-order valence-corrected chi connectivity index (χ2v) is 9.65. The number of hydrogen-bond acceptors (Lipinski definition) is 6. The van der Waals surface area contributed by atoms with Crippen molar-refractivity contribution in [2.75, 3.05) is 18.8 Å². The standard InChI is InChI=1S/C19H18N2O4S2/c22-19(15-13-16(25-20-15)17-7-4-11-26-17)21-9-8-18(27(23,24)12-10-21)14-5-2-1-3-6-14/h1-7,11,13,18H,8-10,12H2. The fourth-order valence-corrected chi connectivity index (χ4v) is 5.73. The first kappa shape index (κ1) is 17.9. The van der Waals surface area contributed by atoms with Crippen LogP contribution in [0.15, 0.2) is 58.4 Å². The van der Waals surface area contributed by atoms with Crippen LogP contribution in [-0.4, -0.2) is 43.2 Å². The van der Waals surface area contributed by atoms with Gasteiger partial charge in [0.1, 0.15) is 0 Å². The predicted octanol–water partition coefficient (Wildman–Crippen LogP) is 3.41. The van der Waals surface area contributed by atoms with Crippen molar-refractivity contribution in [3.63, 3.8) is 0 Å². The van der Waals surface area contributed by atoms with Gasteiger partial charge in [0.15, 0.2) is 21.3 Å². The molecule has 1 unspecified atom stereocenters. The molecule has 1 aliphatic heterocycles. The van der Waals surface area contributed by atoms with Gasteiger partial charge in [-0.1, -0.05) is 41.6 Å². The topological polar surface area (TPSA) is 80.5 Å². The van der Waals surface area contributed by atoms with E-state index < -0.39 is 15.1 Å². The SMILES string of the molecule is O=C(c1cc(-c2cccs2)on1)N1CCC(c2ccccc2)S(=O)(=O)CC1. The molecule has 0 bridgehead atoms. The van der Waals surface area contributed by atoms with Crippen molar-refractivity contribution >= 4 is 27.1 Å². The van der Waals surface area contributed by atoms with Gasteiger partial charge in [0.05, 0.1) is 15.9 Å². The lowest BCUT2D eigenvalue weighted by Gasteiger charge is -2.18. The van der Waals surface area contributed by atoms with Crippen molar-refractivity contribution in [1.82, 2.24) is 10.1 Å². The molecular weight excluding hydrogens is 384 g/mol. The minimum absolute atomic E-state index is 0.0616. The molecule has 1 saturated heterocycles. The highest BCUT2D eigenvalue weighted by molar-refractivity contribution is 7.91. The van der Waals surface area contributed by atoms with Crippen LogP contribution >= 0.6 is 11.3 Å². The van der Waals surface area contributed by atoms with E-state index >= 15 is 0 Å². The van der Waals surface area contributed by atoms with Crippen molar-refractivity contribution in [2.24, 2.45) is 0 Å². The van der Waals surface area contributed by atoms with Crippen LogP contribution in [0.4, 0.5) is 0 Å². The van der Waals surface area contributed by atoms with E-state index in [1.165, 1.54) is 11.3 Å². The van der Waals surface area contributed by atoms with E-state index in [9.17, 15) is 13.2 Å². The Labute approximate surface area is 161 Å². The van der Waals surface area contributed by atoms with Gasteiger partial charge in [-0.2, -0.15) is 0 Å². The van der Waals surface area contributed by atoms with Gasteiger partial charge >= 0.3 is 0 Å². The highest BCUT2D eigenvalue weighted by Gasteiger charge is 2.33. The third kappa shape index (κ3) is 3.68. The van der Waals surface area contributed by atoms with Crippen LogP contribution in [0, 0.1) is 0 Å². The monoisotopic (exact) mass is 402 g/mol. The molecule has 0 aliphatic carbocycles. The van der Waals surface area contributed by atoms with E-state index in [2.05, 4.69) is 5.16 Å². The Morgan fingerprint density at radius 1 is 1.15 bits per heavy atom. The van der Waals surface area contributed by atoms with Gasteiger partial charge in [-0.15, -0.1) is 11.3 Å². The minimum atomic E-state index is -3.33. The highest BCUT2D eigenvalue weighted by Crippen LogP contribution is 2.30. The molecule has 1 fully saturated rings. The number of amides is 1. The third-order valence-electron chi connectivity index (χ3n) is 4.69. The van der Waals surface area contributed by atoms with Gasteiger partial charge in [0.25, 0.3) is 5.91 Å². The van der Waals surface area contributed by atoms with Crippen LogP contribution in [-0.2, 0) is 9.84 Å². The molecule has 0 radical (unpaired) electrons. The van der Waals surface area contributed by atoms with Crippen LogP contribution in [0.1, 0.15) is 27.7 Å². The third-order valence-corrected chi connectivity index (χ3v) is 7.70. The Morgan fingerprint density at radius 3 is 2.70 bits per heavy atom. The molecule has 3 aromatic rings. The number of nitrogens with zero attached hydrogens (tertiary/aromatic N) is 2. The number of aromatic nitrogens is 1. The van der Waals surface area contributed by atoms with Crippen molar-refractivity contribution in [3.8, 4) is 10.6 Å². The second kappa shape index (κ2) is 7.28. The minimum Gasteiger partial charge on any atom is -0.355 e. The number of rotatable bonds is 3. The fourth-order valence-electron chi connectivity index (χ4n) is 3.26. The Hall–Kier alpha value is -2.45. The lowest BCUT2D eigenvalue weighted by atomic mass is 10.1. The molecule has 1 atom stereocenters. The molecule has 1 aromatic carbocycles. The molecule has 0 N–H and O–H groups in total. The summed E-state index contributed by atoms with van der Waals surface area (Å²) in [5.41, 5.74) is 0.974. The van der Waals surface area contributed by atoms with Crippen LogP contribution in [0.2, 0.25) is 0 Å². The van der Waals surface area contributed by atoms with Gasteiger partial charge in [-0.25, -0.2) is 8.42 Å². The summed E-state index contributed by atoms with van der Waals surface area (Å²) in [6.45, 7) is 0.518. The molecular formula is C19H18N2O4S2. The van der Waals surface area contributed by atoms with E-state index in [1.807, 2.05) is 47.8 Å². The zero-order chi connectivity index (χ0) is 18.9. The Balaban J connectivity index is 1.53. The number of hydrogen-bond donors (Lipinski definition) is 0. The Bertz CT molecular complexity index is 1030. The van der Waals surface area contributed by atoms with Gasteiger partial charge in [-0.3, -0.25) is 4.79 Å². The molecule has 3 heterocycles. The van der Waals surface area contributed by atoms with Gasteiger partial charge in [0.2, 0.25) is 0 Å². The zero-order valence-corrected chi connectivity index (χ0v) is 16.1. The molecule has 0 spiro atoms. The van der Waals surface area contributed by atoms with Crippen molar-refractivity contribution < 1.29 is 17.7 Å². The van der Waals surface area contributed by atoms with E-state index in [0.29, 0.717) is 18.7 Å². The second-order valence-electron chi connectivity index (χ2n) is 6.40. The molecule has 8 heteroatoms. The normalized spacial score (nSPS) is 19.6. The lowest BCUT2D eigenvalue weighted by Crippen LogP contribution is -2.33. The maximum Gasteiger partial charge on any atom is 0.276 e. The molecule has 0 saturated carbocycles. The molecule has 6 nitrogen and oxygen atoms in total. The molecule has 27 heavy (non-hydrogen) atoms. The first-order valence-electron chi connectivity index (χ1n) is 8.61. The van der Waals surface area contributed by atoms with Gasteiger partial charge in [-0.05, 0) is 23.4 Å². The quantitative estimate of drug-likeness (QED) is 0.671. The van der Waals surface area contributed by atoms with E-state index in [4.69, 9.17) is 4.52 Å². The van der Waals surface area contributed by atoms with Crippen LogP contribution in [0.3, 0.4) is 0 Å². The number of carbonyl (C=O) groups excluding carboxylic acids is 1. The van der Waals surface area contributed by atoms with E-state index in [0.717, 1.165) is 10.4 Å². The fraction of sp³-hybridized carbons (Fsp3) is 0.263. The highest BCUT2D eigenvalue weighted by atomic mass is 32.2. The van der Waals surface area contributed by atoms with Crippen molar-refractivity contribution in [2.45, 2.75) is 11.7 Å². The van der Waals surface area contributed by atoms with Crippen LogP contribution in [0.25, 0.3) is 10.6 Å². The number of benzene rings is 1. The first-order valence-corrected chi connectivity index (χ1v) is 11.2. The van der Waals surface area contributed by atoms with Crippen LogP contribution in [0.5, 0.6) is 0 Å². The zero-order valence-electron chi connectivity index (χ0n) is 14.4. The van der Waals surface area contributed by atoms with E-state index in [-0.39, 0.29) is 23.9 Å². The molecule has 2 aromatic heterocycles. The summed E-state index contributed by atoms with van der Waals surface area (Å²) in [6.07, 6.45) is 0.369. The number of thiophene rings is 1. The average molecular weight is 402 g/mol. The van der Waals surface area contributed by atoms with Gasteiger partial charge < -0.3 is 9.42 Å². The maximum absolute atomic E-state index is 12.8. The first-order chi connectivity index (χ1) is 13.0. The van der Waals surface area contributed by atoms with E-state index in [1.54, 1.807) is 11.0 Å². The summed E-state index contributed by atoms with van der Waals surface area (Å²) in [5.74, 6) is 0.178. The molecule has 1 aliphatic rings. The smallest absolute Gasteiger partial charge is 0.276 e. The maximum atomic E-state index is 12.8. The molecule has 140 valence electrons. The Morgan fingerprint density at radius 2 is 1.96 bits per heavy atom. The molecule has 1 amide bonds. The summed E-state index contributed by atoms with van der Waals surface area (Å²) < 4.78 is 30.7. The summed E-state index contributed by atoms with van der Waals surface area (Å²) in [7, 11) is -3.33. The summed E-state index contributed by atoms with van der Waals surface area (Å²) in [6, 6.07) is 14.6. The van der Waals surface area contributed by atoms with Gasteiger partial charge in [0, 0.05) is 19.2 Å². The number of carbonyl (C=O) groups is 1.